The van der Waals surface area contributed by atoms with Crippen molar-refractivity contribution in [2.24, 2.45) is 0 Å². The van der Waals surface area contributed by atoms with Crippen LogP contribution in [0.25, 0.3) is 0 Å². The van der Waals surface area contributed by atoms with E-state index in [0.717, 1.165) is 9.26 Å². The highest BCUT2D eigenvalue weighted by atomic mass is 127. The lowest BCUT2D eigenvalue weighted by atomic mass is 10.3. The van der Waals surface area contributed by atoms with Crippen molar-refractivity contribution >= 4 is 34.1 Å². The first-order chi connectivity index (χ1) is 8.19. The van der Waals surface area contributed by atoms with Gasteiger partial charge in [0, 0.05) is 3.57 Å². The molecular formula is C12H7FIN3. The Bertz CT molecular complexity index is 593. The number of nitrogens with zero attached hydrogens (tertiary/aromatic N) is 2. The van der Waals surface area contributed by atoms with Crippen LogP contribution in [0.3, 0.4) is 0 Å². The lowest BCUT2D eigenvalue weighted by Crippen LogP contribution is -1.97. The Balaban J connectivity index is 2.28. The summed E-state index contributed by atoms with van der Waals surface area (Å²) in [4.78, 5) is 4.08. The van der Waals surface area contributed by atoms with Gasteiger partial charge >= 0.3 is 0 Å². The maximum atomic E-state index is 12.9. The third kappa shape index (κ3) is 2.91. The summed E-state index contributed by atoms with van der Waals surface area (Å²) in [6.45, 7) is 0. The van der Waals surface area contributed by atoms with E-state index in [-0.39, 0.29) is 5.82 Å². The van der Waals surface area contributed by atoms with Gasteiger partial charge in [-0.1, -0.05) is 6.07 Å². The van der Waals surface area contributed by atoms with Crippen LogP contribution in [0.4, 0.5) is 15.9 Å². The summed E-state index contributed by atoms with van der Waals surface area (Å²) >= 11 is 2.04. The van der Waals surface area contributed by atoms with Crippen molar-refractivity contribution in [3.63, 3.8) is 0 Å². The van der Waals surface area contributed by atoms with Gasteiger partial charge in [-0.3, -0.25) is 0 Å². The van der Waals surface area contributed by atoms with Gasteiger partial charge in [0.25, 0.3) is 0 Å². The van der Waals surface area contributed by atoms with Crippen molar-refractivity contribution in [3.05, 3.63) is 51.5 Å². The van der Waals surface area contributed by atoms with Crippen LogP contribution in [0.2, 0.25) is 0 Å². The van der Waals surface area contributed by atoms with Crippen LogP contribution < -0.4 is 5.32 Å². The highest BCUT2D eigenvalue weighted by Crippen LogP contribution is 2.22. The van der Waals surface area contributed by atoms with Crippen LogP contribution in [0.15, 0.2) is 36.4 Å². The van der Waals surface area contributed by atoms with Crippen LogP contribution in [-0.2, 0) is 0 Å². The second kappa shape index (κ2) is 5.10. The molecule has 1 heterocycles. The van der Waals surface area contributed by atoms with Gasteiger partial charge in [-0.05, 0) is 52.9 Å². The lowest BCUT2D eigenvalue weighted by Gasteiger charge is -2.07. The highest BCUT2D eigenvalue weighted by molar-refractivity contribution is 14.1. The van der Waals surface area contributed by atoms with E-state index >= 15 is 0 Å². The Kier molecular flexibility index (Phi) is 3.54. The van der Waals surface area contributed by atoms with E-state index < -0.39 is 0 Å². The van der Waals surface area contributed by atoms with Crippen molar-refractivity contribution in [2.75, 3.05) is 5.32 Å². The molecule has 0 atom stereocenters. The zero-order valence-corrected chi connectivity index (χ0v) is 10.8. The van der Waals surface area contributed by atoms with Gasteiger partial charge in [0.1, 0.15) is 23.4 Å². The largest absolute Gasteiger partial charge is 0.339 e. The molecule has 0 fully saturated rings. The topological polar surface area (TPSA) is 48.7 Å². The first-order valence-electron chi connectivity index (χ1n) is 4.78. The van der Waals surface area contributed by atoms with Gasteiger partial charge in [-0.2, -0.15) is 5.26 Å². The Hall–Kier alpha value is -1.68. The van der Waals surface area contributed by atoms with Gasteiger partial charge < -0.3 is 5.32 Å². The molecule has 0 saturated heterocycles. The molecular weight excluding hydrogens is 332 g/mol. The van der Waals surface area contributed by atoms with E-state index in [4.69, 9.17) is 5.26 Å². The third-order valence-corrected chi connectivity index (χ3v) is 2.95. The summed E-state index contributed by atoms with van der Waals surface area (Å²) in [7, 11) is 0. The fraction of sp³-hybridized carbons (Fsp3) is 0. The molecule has 2 rings (SSSR count). The molecule has 0 radical (unpaired) electrons. The van der Waals surface area contributed by atoms with Gasteiger partial charge in [0.2, 0.25) is 0 Å². The number of hydrogen-bond donors (Lipinski definition) is 1. The number of nitrogens with one attached hydrogen (secondary N) is 1. The molecule has 0 bridgehead atoms. The average Bonchev–Trinajstić information content (AvgIpc) is 2.33. The number of nitriles is 1. The molecule has 0 aliphatic rings. The Labute approximate surface area is 111 Å². The monoisotopic (exact) mass is 339 g/mol. The number of hydrogen-bond acceptors (Lipinski definition) is 3. The molecule has 1 aromatic carbocycles. The molecule has 0 amide bonds. The zero-order chi connectivity index (χ0) is 12.3. The minimum absolute atomic E-state index is 0.279. The maximum absolute atomic E-state index is 12.9. The number of pyridine rings is 1. The van der Waals surface area contributed by atoms with Crippen molar-refractivity contribution in [3.8, 4) is 6.07 Å². The standard InChI is InChI=1S/C12H7FIN3/c13-8-4-5-11(10(14)6-8)17-12-3-1-2-9(7-15)16-12/h1-6H,(H,16,17). The van der Waals surface area contributed by atoms with Crippen molar-refractivity contribution in [1.29, 1.82) is 5.26 Å². The predicted molar refractivity (Wildman–Crippen MR) is 71.4 cm³/mol. The second-order valence-corrected chi connectivity index (χ2v) is 4.43. The van der Waals surface area contributed by atoms with Crippen LogP contribution in [0.1, 0.15) is 5.69 Å². The fourth-order valence-electron chi connectivity index (χ4n) is 1.30. The van der Waals surface area contributed by atoms with Crippen molar-refractivity contribution in [2.45, 2.75) is 0 Å². The molecule has 84 valence electrons. The summed E-state index contributed by atoms with van der Waals surface area (Å²) in [5, 5.41) is 11.8. The number of rotatable bonds is 2. The van der Waals surface area contributed by atoms with Crippen LogP contribution in [-0.4, -0.2) is 4.98 Å². The SMILES string of the molecule is N#Cc1cccc(Nc2ccc(F)cc2I)n1. The van der Waals surface area contributed by atoms with Crippen LogP contribution >= 0.6 is 22.6 Å². The third-order valence-electron chi connectivity index (χ3n) is 2.06. The normalized spacial score (nSPS) is 9.71. The highest BCUT2D eigenvalue weighted by Gasteiger charge is 2.03. The van der Waals surface area contributed by atoms with E-state index in [9.17, 15) is 4.39 Å². The summed E-state index contributed by atoms with van der Waals surface area (Å²) < 4.78 is 13.7. The maximum Gasteiger partial charge on any atom is 0.142 e. The number of halogens is 2. The summed E-state index contributed by atoms with van der Waals surface area (Å²) in [5.74, 6) is 0.284. The molecule has 0 aliphatic heterocycles. The zero-order valence-electron chi connectivity index (χ0n) is 8.61. The summed E-state index contributed by atoms with van der Waals surface area (Å²) in [5.41, 5.74) is 1.10. The van der Waals surface area contributed by atoms with E-state index in [1.165, 1.54) is 12.1 Å². The van der Waals surface area contributed by atoms with Gasteiger partial charge in [0.15, 0.2) is 0 Å². The lowest BCUT2D eigenvalue weighted by molar-refractivity contribution is 0.627. The first-order valence-corrected chi connectivity index (χ1v) is 5.86. The van der Waals surface area contributed by atoms with Gasteiger partial charge in [-0.25, -0.2) is 9.37 Å². The summed E-state index contributed by atoms with van der Waals surface area (Å²) in [6.07, 6.45) is 0. The van der Waals surface area contributed by atoms with Gasteiger partial charge in [0.05, 0.1) is 5.69 Å². The summed E-state index contributed by atoms with van der Waals surface area (Å²) in [6, 6.07) is 11.5. The molecule has 0 unspecified atom stereocenters. The van der Waals surface area contributed by atoms with Crippen LogP contribution in [0.5, 0.6) is 0 Å². The number of anilines is 2. The molecule has 0 saturated carbocycles. The smallest absolute Gasteiger partial charge is 0.142 e. The van der Waals surface area contributed by atoms with Crippen molar-refractivity contribution < 1.29 is 4.39 Å². The minimum atomic E-state index is -0.279. The van der Waals surface area contributed by atoms with Crippen molar-refractivity contribution in [1.82, 2.24) is 4.98 Å². The molecule has 0 spiro atoms. The van der Waals surface area contributed by atoms with E-state index in [0.29, 0.717) is 11.5 Å². The number of benzene rings is 1. The molecule has 2 aromatic rings. The Morgan fingerprint density at radius 2 is 2.12 bits per heavy atom. The van der Waals surface area contributed by atoms with Crippen LogP contribution in [0, 0.1) is 20.7 Å². The molecule has 5 heteroatoms. The Morgan fingerprint density at radius 1 is 1.29 bits per heavy atom. The quantitative estimate of drug-likeness (QED) is 0.853. The van der Waals surface area contributed by atoms with Gasteiger partial charge in [-0.15, -0.1) is 0 Å². The predicted octanol–water partition coefficient (Wildman–Crippen LogP) is 3.44. The molecule has 1 aromatic heterocycles. The first kappa shape index (κ1) is 11.8. The second-order valence-electron chi connectivity index (χ2n) is 3.27. The van der Waals surface area contributed by atoms with E-state index in [1.807, 2.05) is 28.7 Å². The fourth-order valence-corrected chi connectivity index (χ4v) is 1.91. The average molecular weight is 339 g/mol. The molecule has 3 nitrogen and oxygen atoms in total. The van der Waals surface area contributed by atoms with E-state index in [2.05, 4.69) is 10.3 Å². The molecule has 0 aliphatic carbocycles. The molecule has 17 heavy (non-hydrogen) atoms. The minimum Gasteiger partial charge on any atom is -0.339 e. The van der Waals surface area contributed by atoms with E-state index in [1.54, 1.807) is 24.3 Å². The molecule has 1 N–H and O–H groups in total. The number of aromatic nitrogens is 1. The Morgan fingerprint density at radius 3 is 2.82 bits per heavy atom.